The maximum absolute atomic E-state index is 12.3. The number of rotatable bonds is 1. The first kappa shape index (κ1) is 11.8. The molecular formula is C15H10N4O2. The minimum absolute atomic E-state index is 0.319. The number of hydrogen-bond donors (Lipinski definition) is 1. The topological polar surface area (TPSA) is 79.0 Å². The van der Waals surface area contributed by atoms with Crippen molar-refractivity contribution in [1.29, 1.82) is 0 Å². The standard InChI is InChI=1S/C15H10N4O2/c1-19-14(20)9-7-16-13-11(10(9)15(19)21)12(17-18-13)8-5-3-2-4-6-8/h2-7H,1H3,(H,16,17,18). The van der Waals surface area contributed by atoms with Crippen molar-refractivity contribution in [2.45, 2.75) is 0 Å². The average molecular weight is 278 g/mol. The van der Waals surface area contributed by atoms with Gasteiger partial charge in [0.1, 0.15) is 0 Å². The van der Waals surface area contributed by atoms with Crippen molar-refractivity contribution in [3.05, 3.63) is 47.7 Å². The van der Waals surface area contributed by atoms with E-state index in [0.717, 1.165) is 10.5 Å². The molecule has 0 saturated heterocycles. The molecule has 0 unspecified atom stereocenters. The summed E-state index contributed by atoms with van der Waals surface area (Å²) in [5.74, 6) is -0.648. The van der Waals surface area contributed by atoms with Gasteiger partial charge in [0, 0.05) is 18.8 Å². The number of carbonyl (C=O) groups excluding carboxylic acids is 2. The van der Waals surface area contributed by atoms with Gasteiger partial charge in [0.15, 0.2) is 5.65 Å². The van der Waals surface area contributed by atoms with Crippen LogP contribution in [0.4, 0.5) is 0 Å². The van der Waals surface area contributed by atoms with Gasteiger partial charge in [-0.3, -0.25) is 19.6 Å². The molecule has 2 amide bonds. The minimum atomic E-state index is -0.329. The van der Waals surface area contributed by atoms with Gasteiger partial charge in [-0.25, -0.2) is 4.98 Å². The summed E-state index contributed by atoms with van der Waals surface area (Å²) in [4.78, 5) is 29.7. The van der Waals surface area contributed by atoms with E-state index in [-0.39, 0.29) is 11.8 Å². The number of amides is 2. The van der Waals surface area contributed by atoms with Crippen LogP contribution in [0.2, 0.25) is 0 Å². The number of H-pyrrole nitrogens is 1. The van der Waals surface area contributed by atoms with Crippen LogP contribution in [0.5, 0.6) is 0 Å². The maximum Gasteiger partial charge on any atom is 0.262 e. The Morgan fingerprint density at radius 1 is 1.10 bits per heavy atom. The lowest BCUT2D eigenvalue weighted by Gasteiger charge is -2.03. The molecule has 1 aromatic carbocycles. The number of benzene rings is 1. The number of hydrogen-bond acceptors (Lipinski definition) is 4. The van der Waals surface area contributed by atoms with E-state index in [1.807, 2.05) is 30.3 Å². The van der Waals surface area contributed by atoms with E-state index in [0.29, 0.717) is 27.9 Å². The molecule has 0 atom stereocenters. The fourth-order valence-corrected chi connectivity index (χ4v) is 2.63. The second-order valence-electron chi connectivity index (χ2n) is 4.88. The van der Waals surface area contributed by atoms with Crippen LogP contribution >= 0.6 is 0 Å². The number of nitrogens with one attached hydrogen (secondary N) is 1. The van der Waals surface area contributed by atoms with Crippen molar-refractivity contribution >= 4 is 22.8 Å². The second-order valence-corrected chi connectivity index (χ2v) is 4.88. The number of fused-ring (bicyclic) bond motifs is 3. The van der Waals surface area contributed by atoms with Crippen molar-refractivity contribution in [3.63, 3.8) is 0 Å². The number of nitrogens with zero attached hydrogens (tertiary/aromatic N) is 3. The number of carbonyl (C=O) groups is 2. The molecule has 3 aromatic rings. The quantitative estimate of drug-likeness (QED) is 0.689. The summed E-state index contributed by atoms with van der Waals surface area (Å²) in [5, 5.41) is 7.65. The van der Waals surface area contributed by atoms with Gasteiger partial charge in [0.25, 0.3) is 11.8 Å². The summed E-state index contributed by atoms with van der Waals surface area (Å²) in [6.07, 6.45) is 1.41. The number of imide groups is 1. The fraction of sp³-hybridized carbons (Fsp3) is 0.0667. The zero-order valence-electron chi connectivity index (χ0n) is 11.1. The van der Waals surface area contributed by atoms with Crippen LogP contribution in [-0.4, -0.2) is 38.9 Å². The Hall–Kier alpha value is -3.02. The summed E-state index contributed by atoms with van der Waals surface area (Å²) < 4.78 is 0. The van der Waals surface area contributed by atoms with E-state index >= 15 is 0 Å². The Bertz CT molecular complexity index is 899. The molecule has 0 bridgehead atoms. The molecular weight excluding hydrogens is 268 g/mol. The van der Waals surface area contributed by atoms with Gasteiger partial charge >= 0.3 is 0 Å². The molecule has 2 aromatic heterocycles. The van der Waals surface area contributed by atoms with Crippen LogP contribution in [-0.2, 0) is 0 Å². The minimum Gasteiger partial charge on any atom is -0.277 e. The van der Waals surface area contributed by atoms with Gasteiger partial charge in [-0.15, -0.1) is 0 Å². The predicted octanol–water partition coefficient (Wildman–Crippen LogP) is 1.85. The lowest BCUT2D eigenvalue weighted by molar-refractivity contribution is 0.0693. The van der Waals surface area contributed by atoms with Gasteiger partial charge in [-0.2, -0.15) is 5.10 Å². The van der Waals surface area contributed by atoms with Crippen molar-refractivity contribution in [1.82, 2.24) is 20.1 Å². The van der Waals surface area contributed by atoms with Crippen LogP contribution in [0.15, 0.2) is 36.5 Å². The summed E-state index contributed by atoms with van der Waals surface area (Å²) in [7, 11) is 1.47. The highest BCUT2D eigenvalue weighted by Gasteiger charge is 2.36. The molecule has 1 aliphatic rings. The second kappa shape index (κ2) is 3.99. The van der Waals surface area contributed by atoms with E-state index in [9.17, 15) is 9.59 Å². The summed E-state index contributed by atoms with van der Waals surface area (Å²) >= 11 is 0. The molecule has 6 nitrogen and oxygen atoms in total. The number of aromatic amines is 1. The highest BCUT2D eigenvalue weighted by Crippen LogP contribution is 2.33. The summed E-state index contributed by atoms with van der Waals surface area (Å²) in [6, 6.07) is 9.54. The van der Waals surface area contributed by atoms with Crippen LogP contribution in [0.1, 0.15) is 20.7 Å². The van der Waals surface area contributed by atoms with Crippen molar-refractivity contribution < 1.29 is 9.59 Å². The predicted molar refractivity (Wildman–Crippen MR) is 75.7 cm³/mol. The lowest BCUT2D eigenvalue weighted by Crippen LogP contribution is -2.24. The number of pyridine rings is 1. The van der Waals surface area contributed by atoms with Gasteiger partial charge in [0.05, 0.1) is 22.2 Å². The lowest BCUT2D eigenvalue weighted by atomic mass is 10.0. The fourth-order valence-electron chi connectivity index (χ4n) is 2.63. The van der Waals surface area contributed by atoms with Crippen molar-refractivity contribution in [2.75, 3.05) is 7.05 Å². The van der Waals surface area contributed by atoms with E-state index in [4.69, 9.17) is 0 Å². The van der Waals surface area contributed by atoms with Crippen molar-refractivity contribution in [3.8, 4) is 11.3 Å². The maximum atomic E-state index is 12.3. The Labute approximate surface area is 119 Å². The highest BCUT2D eigenvalue weighted by molar-refractivity contribution is 6.27. The molecule has 0 aliphatic carbocycles. The third-order valence-electron chi connectivity index (χ3n) is 3.70. The monoisotopic (exact) mass is 278 g/mol. The van der Waals surface area contributed by atoms with E-state index in [1.54, 1.807) is 0 Å². The molecule has 6 heteroatoms. The molecule has 21 heavy (non-hydrogen) atoms. The molecule has 3 heterocycles. The first-order valence-corrected chi connectivity index (χ1v) is 6.43. The van der Waals surface area contributed by atoms with E-state index < -0.39 is 0 Å². The van der Waals surface area contributed by atoms with Gasteiger partial charge in [-0.1, -0.05) is 30.3 Å². The third-order valence-corrected chi connectivity index (χ3v) is 3.70. The van der Waals surface area contributed by atoms with E-state index in [1.165, 1.54) is 13.2 Å². The summed E-state index contributed by atoms with van der Waals surface area (Å²) in [6.45, 7) is 0. The Morgan fingerprint density at radius 2 is 1.86 bits per heavy atom. The molecule has 4 rings (SSSR count). The molecule has 1 N–H and O–H groups in total. The van der Waals surface area contributed by atoms with Crippen LogP contribution in [0.3, 0.4) is 0 Å². The molecule has 102 valence electrons. The van der Waals surface area contributed by atoms with Crippen LogP contribution in [0.25, 0.3) is 22.3 Å². The van der Waals surface area contributed by atoms with Crippen LogP contribution in [0, 0.1) is 0 Å². The van der Waals surface area contributed by atoms with Crippen molar-refractivity contribution in [2.24, 2.45) is 0 Å². The molecule has 1 aliphatic heterocycles. The Morgan fingerprint density at radius 3 is 2.62 bits per heavy atom. The Kier molecular flexibility index (Phi) is 2.24. The van der Waals surface area contributed by atoms with Gasteiger partial charge in [0.2, 0.25) is 0 Å². The average Bonchev–Trinajstić information content (AvgIpc) is 3.04. The zero-order chi connectivity index (χ0) is 14.6. The number of aromatic nitrogens is 3. The highest BCUT2D eigenvalue weighted by atomic mass is 16.2. The Balaban J connectivity index is 2.10. The normalized spacial score (nSPS) is 14.0. The molecule has 0 fully saturated rings. The largest absolute Gasteiger partial charge is 0.277 e. The van der Waals surface area contributed by atoms with Gasteiger partial charge < -0.3 is 0 Å². The zero-order valence-corrected chi connectivity index (χ0v) is 11.1. The van der Waals surface area contributed by atoms with E-state index in [2.05, 4.69) is 15.2 Å². The molecule has 0 radical (unpaired) electrons. The smallest absolute Gasteiger partial charge is 0.262 e. The summed E-state index contributed by atoms with van der Waals surface area (Å²) in [5.41, 5.74) is 2.73. The third kappa shape index (κ3) is 1.47. The molecule has 0 saturated carbocycles. The first-order valence-electron chi connectivity index (χ1n) is 6.43. The molecule has 0 spiro atoms. The van der Waals surface area contributed by atoms with Crippen LogP contribution < -0.4 is 0 Å². The van der Waals surface area contributed by atoms with Gasteiger partial charge in [-0.05, 0) is 0 Å². The SMILES string of the molecule is CN1C(=O)c2cnc3n[nH]c(-c4ccccc4)c3c2C1=O. The first-order chi connectivity index (χ1) is 10.2.